The van der Waals surface area contributed by atoms with E-state index in [9.17, 15) is 0 Å². The first-order valence-electron chi connectivity index (χ1n) is 3.81. The van der Waals surface area contributed by atoms with Crippen molar-refractivity contribution in [2.75, 3.05) is 6.61 Å². The maximum absolute atomic E-state index is 9.05. The van der Waals surface area contributed by atoms with Gasteiger partial charge in [-0.25, -0.2) is 0 Å². The van der Waals surface area contributed by atoms with Gasteiger partial charge in [-0.15, -0.1) is 0 Å². The first-order chi connectivity index (χ1) is 4.83. The molecule has 0 amide bonds. The van der Waals surface area contributed by atoms with Crippen LogP contribution in [0.1, 0.15) is 19.8 Å². The van der Waals surface area contributed by atoms with Crippen LogP contribution in [0.15, 0.2) is 12.2 Å². The van der Waals surface area contributed by atoms with Crippen molar-refractivity contribution in [2.45, 2.75) is 32.0 Å². The van der Waals surface area contributed by atoms with Gasteiger partial charge in [-0.2, -0.15) is 0 Å². The molecule has 0 aliphatic heterocycles. The third-order valence-corrected chi connectivity index (χ3v) is 1.68. The molecule has 0 saturated heterocycles. The van der Waals surface area contributed by atoms with E-state index in [0.717, 1.165) is 19.4 Å². The van der Waals surface area contributed by atoms with Gasteiger partial charge in [-0.05, 0) is 19.8 Å². The van der Waals surface area contributed by atoms with Crippen LogP contribution < -0.4 is 0 Å². The van der Waals surface area contributed by atoms with Gasteiger partial charge in [0.1, 0.15) is 0 Å². The summed E-state index contributed by atoms with van der Waals surface area (Å²) in [6.07, 6.45) is 5.54. The second-order valence-corrected chi connectivity index (χ2v) is 2.52. The number of hydrogen-bond donors (Lipinski definition) is 1. The topological polar surface area (TPSA) is 29.5 Å². The van der Waals surface area contributed by atoms with Crippen molar-refractivity contribution in [3.63, 3.8) is 0 Å². The second-order valence-electron chi connectivity index (χ2n) is 2.52. The number of aliphatic hydroxyl groups is 1. The molecule has 0 unspecified atom stereocenters. The summed E-state index contributed by atoms with van der Waals surface area (Å²) >= 11 is 0. The minimum absolute atomic E-state index is 0.239. The Labute approximate surface area is 61.5 Å². The number of hydrogen-bond acceptors (Lipinski definition) is 2. The molecule has 1 rings (SSSR count). The number of ether oxygens (including phenoxy) is 1. The summed E-state index contributed by atoms with van der Waals surface area (Å²) in [4.78, 5) is 0. The summed E-state index contributed by atoms with van der Waals surface area (Å²) in [5.41, 5.74) is 0. The Morgan fingerprint density at radius 3 is 2.80 bits per heavy atom. The minimum Gasteiger partial charge on any atom is -0.389 e. The molecule has 0 aromatic carbocycles. The summed E-state index contributed by atoms with van der Waals surface area (Å²) in [6.45, 7) is 2.74. The molecule has 0 aromatic rings. The molecule has 1 aliphatic carbocycles. The van der Waals surface area contributed by atoms with Crippen LogP contribution in [0.5, 0.6) is 0 Å². The molecule has 1 aliphatic rings. The van der Waals surface area contributed by atoms with Crippen LogP contribution in [0.2, 0.25) is 0 Å². The summed E-state index contributed by atoms with van der Waals surface area (Å²) in [6, 6.07) is 0. The Morgan fingerprint density at radius 1 is 1.50 bits per heavy atom. The normalized spacial score (nSPS) is 32.6. The van der Waals surface area contributed by atoms with E-state index in [-0.39, 0.29) is 12.2 Å². The Morgan fingerprint density at radius 2 is 2.30 bits per heavy atom. The molecule has 2 nitrogen and oxygen atoms in total. The van der Waals surface area contributed by atoms with Gasteiger partial charge in [0.2, 0.25) is 0 Å². The van der Waals surface area contributed by atoms with Crippen molar-refractivity contribution >= 4 is 0 Å². The van der Waals surface area contributed by atoms with Crippen molar-refractivity contribution in [1.82, 2.24) is 0 Å². The lowest BCUT2D eigenvalue weighted by atomic mass is 10.0. The van der Waals surface area contributed by atoms with Gasteiger partial charge >= 0.3 is 0 Å². The van der Waals surface area contributed by atoms with Crippen molar-refractivity contribution in [1.29, 1.82) is 0 Å². The lowest BCUT2D eigenvalue weighted by Crippen LogP contribution is -2.18. The summed E-state index contributed by atoms with van der Waals surface area (Å²) < 4.78 is 5.33. The quantitative estimate of drug-likeness (QED) is 0.585. The van der Waals surface area contributed by atoms with Crippen LogP contribution in [-0.2, 0) is 4.74 Å². The molecule has 2 heteroatoms. The van der Waals surface area contributed by atoms with Gasteiger partial charge in [0.25, 0.3) is 0 Å². The van der Waals surface area contributed by atoms with Gasteiger partial charge in [0, 0.05) is 6.61 Å². The lowest BCUT2D eigenvalue weighted by Gasteiger charge is -2.18. The Kier molecular flexibility index (Phi) is 2.90. The van der Waals surface area contributed by atoms with Crippen molar-refractivity contribution < 1.29 is 9.84 Å². The third kappa shape index (κ3) is 2.12. The van der Waals surface area contributed by atoms with Crippen molar-refractivity contribution in [3.05, 3.63) is 12.2 Å². The van der Waals surface area contributed by atoms with Crippen LogP contribution in [0.25, 0.3) is 0 Å². The van der Waals surface area contributed by atoms with E-state index in [0.29, 0.717) is 0 Å². The van der Waals surface area contributed by atoms with E-state index in [4.69, 9.17) is 9.84 Å². The van der Waals surface area contributed by atoms with Gasteiger partial charge in [-0.1, -0.05) is 12.2 Å². The zero-order valence-electron chi connectivity index (χ0n) is 6.29. The predicted molar refractivity (Wildman–Crippen MR) is 39.8 cm³/mol. The highest BCUT2D eigenvalue weighted by molar-refractivity contribution is 4.99. The SMILES string of the molecule is CCO[C@H]1C=C[C@@H](O)CC1. The molecule has 0 radical (unpaired) electrons. The number of rotatable bonds is 2. The van der Waals surface area contributed by atoms with E-state index >= 15 is 0 Å². The van der Waals surface area contributed by atoms with Crippen molar-refractivity contribution in [3.8, 4) is 0 Å². The maximum atomic E-state index is 9.05. The highest BCUT2D eigenvalue weighted by Crippen LogP contribution is 2.13. The van der Waals surface area contributed by atoms with E-state index in [1.807, 2.05) is 19.1 Å². The molecular formula is C8H14O2. The molecule has 0 saturated carbocycles. The van der Waals surface area contributed by atoms with Crippen LogP contribution in [-0.4, -0.2) is 23.9 Å². The molecule has 58 valence electrons. The largest absolute Gasteiger partial charge is 0.389 e. The highest BCUT2D eigenvalue weighted by Gasteiger charge is 2.12. The molecule has 0 bridgehead atoms. The van der Waals surface area contributed by atoms with Gasteiger partial charge in [0.05, 0.1) is 12.2 Å². The summed E-state index contributed by atoms with van der Waals surface area (Å²) in [5, 5.41) is 9.05. The molecule has 0 aromatic heterocycles. The Bertz CT molecular complexity index is 120. The van der Waals surface area contributed by atoms with E-state index in [1.54, 1.807) is 0 Å². The molecule has 0 spiro atoms. The first-order valence-corrected chi connectivity index (χ1v) is 3.81. The lowest BCUT2D eigenvalue weighted by molar-refractivity contribution is 0.0695. The maximum Gasteiger partial charge on any atom is 0.0757 e. The average molecular weight is 142 g/mol. The monoisotopic (exact) mass is 142 g/mol. The third-order valence-electron chi connectivity index (χ3n) is 1.68. The predicted octanol–water partition coefficient (Wildman–Crippen LogP) is 1.10. The minimum atomic E-state index is -0.239. The molecule has 2 atom stereocenters. The first kappa shape index (κ1) is 7.76. The highest BCUT2D eigenvalue weighted by atomic mass is 16.5. The number of aliphatic hydroxyl groups excluding tert-OH is 1. The van der Waals surface area contributed by atoms with Gasteiger partial charge in [0.15, 0.2) is 0 Å². The smallest absolute Gasteiger partial charge is 0.0757 e. The zero-order valence-corrected chi connectivity index (χ0v) is 6.29. The average Bonchev–Trinajstić information content (AvgIpc) is 1.95. The Balaban J connectivity index is 2.30. The van der Waals surface area contributed by atoms with Gasteiger partial charge in [-0.3, -0.25) is 0 Å². The van der Waals surface area contributed by atoms with E-state index in [1.165, 1.54) is 0 Å². The van der Waals surface area contributed by atoms with E-state index in [2.05, 4.69) is 0 Å². The van der Waals surface area contributed by atoms with E-state index < -0.39 is 0 Å². The molecule has 1 N–H and O–H groups in total. The molecule has 10 heavy (non-hydrogen) atoms. The van der Waals surface area contributed by atoms with Crippen LogP contribution in [0, 0.1) is 0 Å². The molecule has 0 heterocycles. The fourth-order valence-corrected chi connectivity index (χ4v) is 1.13. The van der Waals surface area contributed by atoms with Crippen LogP contribution >= 0.6 is 0 Å². The van der Waals surface area contributed by atoms with Crippen molar-refractivity contribution in [2.24, 2.45) is 0 Å². The fourth-order valence-electron chi connectivity index (χ4n) is 1.13. The molecular weight excluding hydrogens is 128 g/mol. The zero-order chi connectivity index (χ0) is 7.40. The van der Waals surface area contributed by atoms with Crippen LogP contribution in [0.3, 0.4) is 0 Å². The summed E-state index contributed by atoms with van der Waals surface area (Å²) in [5.74, 6) is 0. The van der Waals surface area contributed by atoms with Crippen LogP contribution in [0.4, 0.5) is 0 Å². The van der Waals surface area contributed by atoms with Gasteiger partial charge < -0.3 is 9.84 Å². The standard InChI is InChI=1S/C8H14O2/c1-2-10-8-5-3-7(9)4-6-8/h3,5,7-9H,2,4,6H2,1H3/t7-,8+/m1/s1. The molecule has 0 fully saturated rings. The second kappa shape index (κ2) is 3.74. The Hall–Kier alpha value is -0.340. The fraction of sp³-hybridized carbons (Fsp3) is 0.750. The summed E-state index contributed by atoms with van der Waals surface area (Å²) in [7, 11) is 0.